The van der Waals surface area contributed by atoms with Crippen LogP contribution in [0.4, 0.5) is 21.5 Å². The van der Waals surface area contributed by atoms with Crippen molar-refractivity contribution in [3.8, 4) is 22.4 Å². The lowest BCUT2D eigenvalue weighted by molar-refractivity contribution is -0.384. The number of anilines is 2. The zero-order chi connectivity index (χ0) is 36.2. The van der Waals surface area contributed by atoms with Crippen LogP contribution in [0.5, 0.6) is 0 Å². The highest BCUT2D eigenvalue weighted by Gasteiger charge is 2.23. The number of rotatable bonds is 11. The summed E-state index contributed by atoms with van der Waals surface area (Å²) in [7, 11) is 2.08. The Kier molecular flexibility index (Phi) is 10.6. The predicted octanol–water partition coefficient (Wildman–Crippen LogP) is 10.1. The summed E-state index contributed by atoms with van der Waals surface area (Å²) in [4.78, 5) is 18.2. The van der Waals surface area contributed by atoms with Gasteiger partial charge in [0, 0.05) is 77.4 Å². The topological polar surface area (TPSA) is 78.6 Å². The normalized spacial score (nSPS) is 14.5. The van der Waals surface area contributed by atoms with Gasteiger partial charge >= 0.3 is 0 Å². The Morgan fingerprint density at radius 3 is 2.19 bits per heavy atom. The monoisotopic (exact) mass is 732 g/mol. The minimum absolute atomic E-state index is 0.0425. The first-order valence-electron chi connectivity index (χ1n) is 17.4. The Labute approximate surface area is 312 Å². The molecule has 0 bridgehead atoms. The Hall–Kier alpha value is -5.13. The van der Waals surface area contributed by atoms with Crippen molar-refractivity contribution in [1.29, 1.82) is 0 Å². The van der Waals surface area contributed by atoms with Crippen LogP contribution in [0.1, 0.15) is 24.1 Å². The van der Waals surface area contributed by atoms with Crippen LogP contribution in [0.15, 0.2) is 130 Å². The maximum Gasteiger partial charge on any atom is 0.294 e. The molecule has 0 amide bonds. The fourth-order valence-corrected chi connectivity index (χ4v) is 8.29. The van der Waals surface area contributed by atoms with Crippen molar-refractivity contribution in [2.75, 3.05) is 35.8 Å². The van der Waals surface area contributed by atoms with Gasteiger partial charge in [0.1, 0.15) is 11.5 Å². The van der Waals surface area contributed by atoms with E-state index >= 15 is 0 Å². The molecule has 0 unspecified atom stereocenters. The molecule has 2 N–H and O–H groups in total. The van der Waals surface area contributed by atoms with Crippen LogP contribution in [-0.2, 0) is 7.05 Å². The van der Waals surface area contributed by atoms with Crippen molar-refractivity contribution in [3.05, 3.63) is 148 Å². The number of benzene rings is 4. The van der Waals surface area contributed by atoms with Gasteiger partial charge in [-0.2, -0.15) is 0 Å². The summed E-state index contributed by atoms with van der Waals surface area (Å²) in [6, 6.07) is 30.6. The number of nitro benzene ring substituents is 1. The van der Waals surface area contributed by atoms with Crippen LogP contribution in [0.3, 0.4) is 0 Å². The summed E-state index contributed by atoms with van der Waals surface area (Å²) in [6.45, 7) is 8.05. The molecule has 52 heavy (non-hydrogen) atoms. The Morgan fingerprint density at radius 2 is 1.48 bits per heavy atom. The summed E-state index contributed by atoms with van der Waals surface area (Å²) in [6.07, 6.45) is 6.15. The second-order valence-electron chi connectivity index (χ2n) is 13.0. The van der Waals surface area contributed by atoms with Gasteiger partial charge in [-0.25, -0.2) is 4.39 Å². The summed E-state index contributed by atoms with van der Waals surface area (Å²) < 4.78 is 22.5. The molecule has 1 fully saturated rings. The predicted molar refractivity (Wildman–Crippen MR) is 213 cm³/mol. The third-order valence-electron chi connectivity index (χ3n) is 9.91. The molecular weight excluding hydrogens is 692 g/mol. The molecule has 4 aromatic carbocycles. The Bertz CT molecular complexity index is 2140. The summed E-state index contributed by atoms with van der Waals surface area (Å²) >= 11 is 2.75. The van der Waals surface area contributed by atoms with Crippen LogP contribution in [-0.4, -0.2) is 40.6 Å². The fraction of sp³-hybridized carbons (Fsp3) is 0.220. The molecule has 0 saturated carbocycles. The van der Waals surface area contributed by atoms with Crippen molar-refractivity contribution < 1.29 is 9.31 Å². The number of halogens is 1. The molecular formula is C41H41FN6O2S2. The lowest BCUT2D eigenvalue weighted by Gasteiger charge is -2.39. The molecule has 0 spiro atoms. The largest absolute Gasteiger partial charge is 0.371 e. The van der Waals surface area contributed by atoms with E-state index in [0.29, 0.717) is 5.69 Å². The first kappa shape index (κ1) is 35.3. The van der Waals surface area contributed by atoms with Gasteiger partial charge in [-0.15, -0.1) is 0 Å². The maximum absolute atomic E-state index is 13.8. The lowest BCUT2D eigenvalue weighted by atomic mass is 9.97. The van der Waals surface area contributed by atoms with E-state index in [1.54, 1.807) is 12.1 Å². The Balaban J connectivity index is 0.965. The lowest BCUT2D eigenvalue weighted by Crippen LogP contribution is -2.46. The molecule has 1 aromatic heterocycles. The molecule has 8 nitrogen and oxygen atoms in total. The molecule has 1 saturated heterocycles. The van der Waals surface area contributed by atoms with Gasteiger partial charge in [0.15, 0.2) is 0 Å². The zero-order valence-corrected chi connectivity index (χ0v) is 31.1. The second-order valence-corrected chi connectivity index (χ2v) is 14.8. The first-order chi connectivity index (χ1) is 25.2. The van der Waals surface area contributed by atoms with E-state index in [-0.39, 0.29) is 16.4 Å². The number of nitro groups is 1. The second kappa shape index (κ2) is 15.6. The number of hydrogen-bond donors (Lipinski definition) is 2. The first-order valence-corrected chi connectivity index (χ1v) is 19.0. The number of piperazine rings is 1. The van der Waals surface area contributed by atoms with Crippen LogP contribution < -0.4 is 14.3 Å². The van der Waals surface area contributed by atoms with E-state index < -0.39 is 0 Å². The van der Waals surface area contributed by atoms with Crippen LogP contribution >= 0.6 is 23.9 Å². The maximum atomic E-state index is 13.8. The minimum Gasteiger partial charge on any atom is -0.371 e. The van der Waals surface area contributed by atoms with E-state index in [0.717, 1.165) is 65.8 Å². The van der Waals surface area contributed by atoms with Crippen molar-refractivity contribution >= 4 is 41.0 Å². The molecule has 0 radical (unpaired) electrons. The highest BCUT2D eigenvalue weighted by molar-refractivity contribution is 8.00. The van der Waals surface area contributed by atoms with Crippen molar-refractivity contribution in [1.82, 2.24) is 14.2 Å². The van der Waals surface area contributed by atoms with E-state index in [2.05, 4.69) is 81.1 Å². The smallest absolute Gasteiger partial charge is 0.294 e. The van der Waals surface area contributed by atoms with E-state index in [1.807, 2.05) is 48.5 Å². The highest BCUT2D eigenvalue weighted by atomic mass is 32.2. The quantitative estimate of drug-likeness (QED) is 0.0790. The average molecular weight is 733 g/mol. The molecule has 266 valence electrons. The van der Waals surface area contributed by atoms with E-state index in [4.69, 9.17) is 0 Å². The summed E-state index contributed by atoms with van der Waals surface area (Å²) in [5, 5.41) is 11.8. The van der Waals surface area contributed by atoms with Crippen LogP contribution in [0, 0.1) is 29.8 Å². The third-order valence-corrected chi connectivity index (χ3v) is 11.6. The molecule has 2 heterocycles. The molecule has 1 aliphatic heterocycles. The molecule has 11 heteroatoms. The van der Waals surface area contributed by atoms with Gasteiger partial charge in [-0.3, -0.25) is 10.1 Å². The number of allylic oxidation sites excluding steroid dienone is 4. The van der Waals surface area contributed by atoms with E-state index in [9.17, 15) is 14.5 Å². The summed E-state index contributed by atoms with van der Waals surface area (Å²) in [5.41, 5.74) is 11.1. The zero-order valence-electron chi connectivity index (χ0n) is 29.4. The molecule has 2 aliphatic rings. The Morgan fingerprint density at radius 1 is 0.750 bits per heavy atom. The van der Waals surface area contributed by atoms with Gasteiger partial charge in [-0.1, -0.05) is 30.3 Å². The van der Waals surface area contributed by atoms with Crippen molar-refractivity contribution in [2.24, 2.45) is 7.05 Å². The fourth-order valence-electron chi connectivity index (χ4n) is 6.87. The standard InChI is InChI=1S/C41H41FN6O2S2/c1-28-29(2)45(3)41(30-12-14-32(42)15-13-30)40(28)31-8-7-9-35(26-31)47-24-22-46(23-25-47)34-18-16-33(17-19-34)43-52-37-20-21-38(39(27-37)48(49)50)44-51-36-10-5-4-6-11-36/h4-16,18,20-21,26-27,43-44H,17,19,22-25H2,1-3H3. The van der Waals surface area contributed by atoms with Crippen molar-refractivity contribution in [3.63, 3.8) is 0 Å². The van der Waals surface area contributed by atoms with Crippen LogP contribution in [0.2, 0.25) is 0 Å². The number of hydrogen-bond acceptors (Lipinski definition) is 8. The third kappa shape index (κ3) is 7.70. The molecule has 7 rings (SSSR count). The summed E-state index contributed by atoms with van der Waals surface area (Å²) in [5.74, 6) is -0.232. The molecule has 5 aromatic rings. The number of nitrogens with zero attached hydrogens (tertiary/aromatic N) is 4. The SMILES string of the molecule is Cc1c(-c2cccc(N3CCN(C4=CC=C(NSc5ccc(NSc6ccccc6)c([N+](=O)[O-])c5)CC4)CC3)c2)c(-c2ccc(F)cc2)n(C)c1C. The minimum atomic E-state index is -0.347. The van der Waals surface area contributed by atoms with Gasteiger partial charge in [0.2, 0.25) is 0 Å². The number of aromatic nitrogens is 1. The molecule has 1 aliphatic carbocycles. The van der Waals surface area contributed by atoms with Gasteiger partial charge in [0.05, 0.1) is 10.6 Å². The molecule has 0 atom stereocenters. The van der Waals surface area contributed by atoms with Crippen molar-refractivity contribution in [2.45, 2.75) is 36.5 Å². The van der Waals surface area contributed by atoms with Gasteiger partial charge in [0.25, 0.3) is 5.69 Å². The van der Waals surface area contributed by atoms with Crippen LogP contribution in [0.25, 0.3) is 22.4 Å². The van der Waals surface area contributed by atoms with Gasteiger partial charge in [-0.05, 0) is 140 Å². The average Bonchev–Trinajstić information content (AvgIpc) is 3.41. The van der Waals surface area contributed by atoms with Gasteiger partial charge < -0.3 is 23.8 Å². The highest BCUT2D eigenvalue weighted by Crippen LogP contribution is 2.40. The van der Waals surface area contributed by atoms with E-state index in [1.165, 1.54) is 69.8 Å². The number of nitrogens with one attached hydrogen (secondary N) is 2.